The lowest BCUT2D eigenvalue weighted by Gasteiger charge is -2.28. The quantitative estimate of drug-likeness (QED) is 0.586. The molecule has 1 saturated heterocycles. The van der Waals surface area contributed by atoms with Crippen LogP contribution in [0.4, 0.5) is 0 Å². The molecule has 0 unspecified atom stereocenters. The number of hydrogen-bond donors (Lipinski definition) is 2. The zero-order valence-electron chi connectivity index (χ0n) is 17.1. The molecule has 162 valence electrons. The molecule has 2 aliphatic heterocycles. The summed E-state index contributed by atoms with van der Waals surface area (Å²) in [6, 6.07) is 11.6. The number of nitrogens with two attached hydrogens (primary N) is 1. The molecule has 0 radical (unpaired) electrons. The number of carbonyl (C=O) groups excluding carboxylic acids is 4. The summed E-state index contributed by atoms with van der Waals surface area (Å²) >= 11 is 0. The number of furan rings is 1. The molecule has 2 aromatic carbocycles. The molecule has 3 aromatic rings. The largest absolute Gasteiger partial charge is 0.497 e. The molecule has 0 aliphatic carbocycles. The van der Waals surface area contributed by atoms with E-state index in [9.17, 15) is 19.2 Å². The molecule has 1 fully saturated rings. The normalized spacial score (nSPS) is 20.0. The summed E-state index contributed by atoms with van der Waals surface area (Å²) in [5, 5.41) is 2.99. The zero-order chi connectivity index (χ0) is 22.6. The maximum absolute atomic E-state index is 13.1. The van der Waals surface area contributed by atoms with Crippen molar-refractivity contribution < 1.29 is 28.3 Å². The minimum atomic E-state index is -1.38. The van der Waals surface area contributed by atoms with Crippen LogP contribution in [0.1, 0.15) is 38.5 Å². The molecular formula is C23H19N3O6. The number of primary amides is 1. The molecule has 3 N–H and O–H groups in total. The van der Waals surface area contributed by atoms with Crippen LogP contribution >= 0.6 is 0 Å². The van der Waals surface area contributed by atoms with Crippen LogP contribution in [0.25, 0.3) is 11.0 Å². The first-order chi connectivity index (χ1) is 15.3. The molecule has 5 rings (SSSR count). The Bertz CT molecular complexity index is 1330. The summed E-state index contributed by atoms with van der Waals surface area (Å²) < 4.78 is 11.2. The third-order valence-corrected chi connectivity index (χ3v) is 6.08. The second-order valence-electron chi connectivity index (χ2n) is 8.05. The van der Waals surface area contributed by atoms with Gasteiger partial charge in [0.05, 0.1) is 13.5 Å². The first-order valence-corrected chi connectivity index (χ1v) is 9.95. The van der Waals surface area contributed by atoms with Crippen molar-refractivity contribution in [3.05, 3.63) is 64.9 Å². The highest BCUT2D eigenvalue weighted by Gasteiger charge is 2.53. The number of imide groups is 1. The Morgan fingerprint density at radius 1 is 1.19 bits per heavy atom. The van der Waals surface area contributed by atoms with Crippen molar-refractivity contribution in [2.45, 2.75) is 18.4 Å². The van der Waals surface area contributed by atoms with Gasteiger partial charge in [-0.05, 0) is 35.9 Å². The molecule has 32 heavy (non-hydrogen) atoms. The molecule has 9 heteroatoms. The molecule has 0 bridgehead atoms. The van der Waals surface area contributed by atoms with Crippen molar-refractivity contribution >= 4 is 34.6 Å². The fourth-order valence-electron chi connectivity index (χ4n) is 4.39. The third-order valence-electron chi connectivity index (χ3n) is 6.08. The summed E-state index contributed by atoms with van der Waals surface area (Å²) in [6.07, 6.45) is -0.155. The van der Waals surface area contributed by atoms with Gasteiger partial charge >= 0.3 is 0 Å². The molecule has 1 aromatic heterocycles. The van der Waals surface area contributed by atoms with Crippen molar-refractivity contribution in [3.63, 3.8) is 0 Å². The zero-order valence-corrected chi connectivity index (χ0v) is 17.1. The van der Waals surface area contributed by atoms with Crippen molar-refractivity contribution in [2.24, 2.45) is 5.73 Å². The minimum Gasteiger partial charge on any atom is -0.497 e. The van der Waals surface area contributed by atoms with Crippen LogP contribution in [-0.4, -0.2) is 42.2 Å². The fourth-order valence-corrected chi connectivity index (χ4v) is 4.39. The number of ether oxygens (including phenoxy) is 1. The summed E-state index contributed by atoms with van der Waals surface area (Å²) in [7, 11) is 1.52. The van der Waals surface area contributed by atoms with Gasteiger partial charge in [-0.1, -0.05) is 12.1 Å². The van der Waals surface area contributed by atoms with E-state index in [-0.39, 0.29) is 30.2 Å². The highest BCUT2D eigenvalue weighted by Crippen LogP contribution is 2.39. The second-order valence-corrected chi connectivity index (χ2v) is 8.05. The van der Waals surface area contributed by atoms with Gasteiger partial charge in [0.25, 0.3) is 5.91 Å². The number of rotatable bonds is 5. The molecule has 3 heterocycles. The molecule has 4 amide bonds. The van der Waals surface area contributed by atoms with E-state index in [0.717, 1.165) is 5.56 Å². The monoisotopic (exact) mass is 433 g/mol. The van der Waals surface area contributed by atoms with Crippen LogP contribution < -0.4 is 15.8 Å². The van der Waals surface area contributed by atoms with Crippen molar-refractivity contribution in [2.75, 3.05) is 13.7 Å². The predicted octanol–water partition coefficient (Wildman–Crippen LogP) is 1.48. The number of carbonyl (C=O) groups is 4. The van der Waals surface area contributed by atoms with Gasteiger partial charge in [0.15, 0.2) is 0 Å². The standard InChI is InChI=1S/C23H19N3O6/c1-31-15-5-4-14-10-26(21(29)16(14)8-15)11-23(9-19(27)25-22(23)30)18-7-12-2-3-13(20(24)28)6-17(12)32-18/h2-8H,9-11H2,1H3,(H2,24,28)(H,25,27,30)/t23-/m1/s1. The topological polar surface area (TPSA) is 132 Å². The summed E-state index contributed by atoms with van der Waals surface area (Å²) in [5.41, 5.74) is 5.90. The van der Waals surface area contributed by atoms with E-state index >= 15 is 0 Å². The highest BCUT2D eigenvalue weighted by atomic mass is 16.5. The van der Waals surface area contributed by atoms with Crippen LogP contribution in [0, 0.1) is 0 Å². The fraction of sp³-hybridized carbons (Fsp3) is 0.217. The van der Waals surface area contributed by atoms with Gasteiger partial charge in [-0.2, -0.15) is 0 Å². The van der Waals surface area contributed by atoms with Crippen LogP contribution in [0.3, 0.4) is 0 Å². The number of amides is 4. The van der Waals surface area contributed by atoms with Gasteiger partial charge in [-0.3, -0.25) is 24.5 Å². The molecular weight excluding hydrogens is 414 g/mol. The van der Waals surface area contributed by atoms with E-state index in [1.165, 1.54) is 18.1 Å². The highest BCUT2D eigenvalue weighted by molar-refractivity contribution is 6.10. The molecule has 1 atom stereocenters. The van der Waals surface area contributed by atoms with Crippen LogP contribution in [0.5, 0.6) is 5.75 Å². The molecule has 9 nitrogen and oxygen atoms in total. The maximum atomic E-state index is 13.1. The Morgan fingerprint density at radius 3 is 2.69 bits per heavy atom. The number of hydrogen-bond acceptors (Lipinski definition) is 6. The van der Waals surface area contributed by atoms with E-state index in [4.69, 9.17) is 14.9 Å². The van der Waals surface area contributed by atoms with E-state index in [1.54, 1.807) is 30.3 Å². The smallest absolute Gasteiger partial charge is 0.254 e. The number of methoxy groups -OCH3 is 1. The van der Waals surface area contributed by atoms with E-state index in [2.05, 4.69) is 5.32 Å². The lowest BCUT2D eigenvalue weighted by molar-refractivity contribution is -0.127. The molecule has 0 spiro atoms. The van der Waals surface area contributed by atoms with E-state index in [1.807, 2.05) is 6.07 Å². The second kappa shape index (κ2) is 6.94. The van der Waals surface area contributed by atoms with Crippen LogP contribution in [-0.2, 0) is 21.5 Å². The van der Waals surface area contributed by atoms with E-state index in [0.29, 0.717) is 28.8 Å². The molecule has 0 saturated carbocycles. The summed E-state index contributed by atoms with van der Waals surface area (Å²) in [6.45, 7) is 0.260. The third kappa shape index (κ3) is 2.93. The van der Waals surface area contributed by atoms with Gasteiger partial charge in [0.2, 0.25) is 17.7 Å². The maximum Gasteiger partial charge on any atom is 0.254 e. The average Bonchev–Trinajstić information content (AvgIpc) is 3.41. The summed E-state index contributed by atoms with van der Waals surface area (Å²) in [5.74, 6) is -1.03. The number of nitrogens with one attached hydrogen (secondary N) is 1. The van der Waals surface area contributed by atoms with E-state index < -0.39 is 23.1 Å². The van der Waals surface area contributed by atoms with Crippen LogP contribution in [0.15, 0.2) is 46.9 Å². The summed E-state index contributed by atoms with van der Waals surface area (Å²) in [4.78, 5) is 51.3. The Morgan fingerprint density at radius 2 is 2.00 bits per heavy atom. The first kappa shape index (κ1) is 19.8. The van der Waals surface area contributed by atoms with Crippen LogP contribution in [0.2, 0.25) is 0 Å². The Labute approximate surface area is 182 Å². The van der Waals surface area contributed by atoms with Gasteiger partial charge in [-0.15, -0.1) is 0 Å². The number of benzene rings is 2. The Balaban J connectivity index is 1.55. The number of nitrogens with zero attached hydrogens (tertiary/aromatic N) is 1. The average molecular weight is 433 g/mol. The molecule has 2 aliphatic rings. The lowest BCUT2D eigenvalue weighted by Crippen LogP contribution is -2.46. The lowest BCUT2D eigenvalue weighted by atomic mass is 9.82. The van der Waals surface area contributed by atoms with Gasteiger partial charge in [0.1, 0.15) is 22.5 Å². The van der Waals surface area contributed by atoms with Gasteiger partial charge in [-0.25, -0.2) is 0 Å². The Hall–Kier alpha value is -4.14. The van der Waals surface area contributed by atoms with Gasteiger partial charge in [0, 0.05) is 29.6 Å². The predicted molar refractivity (Wildman–Crippen MR) is 112 cm³/mol. The Kier molecular flexibility index (Phi) is 4.30. The van der Waals surface area contributed by atoms with Crippen molar-refractivity contribution in [1.82, 2.24) is 10.2 Å². The number of fused-ring (bicyclic) bond motifs is 2. The first-order valence-electron chi connectivity index (χ1n) is 9.95. The SMILES string of the molecule is COc1ccc2c(c1)C(=O)N(C[C@@]1(c3cc4ccc(C(N)=O)cc4o3)CC(=O)NC1=O)C2. The van der Waals surface area contributed by atoms with Crippen molar-refractivity contribution in [1.29, 1.82) is 0 Å². The minimum absolute atomic E-state index is 0.0388. The van der Waals surface area contributed by atoms with Crippen molar-refractivity contribution in [3.8, 4) is 5.75 Å². The van der Waals surface area contributed by atoms with Gasteiger partial charge < -0.3 is 19.8 Å².